The first-order valence-electron chi connectivity index (χ1n) is 4.04. The maximum atomic E-state index is 10.5. The number of rotatable bonds is 5. The van der Waals surface area contributed by atoms with E-state index in [1.807, 2.05) is 0 Å². The molecule has 0 heterocycles. The summed E-state index contributed by atoms with van der Waals surface area (Å²) in [5.41, 5.74) is -0.282. The summed E-state index contributed by atoms with van der Waals surface area (Å²) in [5.74, 6) is -1.17. The molecule has 0 spiro atoms. The van der Waals surface area contributed by atoms with Gasteiger partial charge < -0.3 is 8.37 Å². The second-order valence-electron chi connectivity index (χ2n) is 2.84. The van der Waals surface area contributed by atoms with Gasteiger partial charge in [-0.1, -0.05) is 0 Å². The molecule has 0 aliphatic carbocycles. The highest BCUT2D eigenvalue weighted by Gasteiger charge is 2.15. The molecule has 0 amide bonds. The van der Waals surface area contributed by atoms with Crippen molar-refractivity contribution < 1.29 is 39.1 Å². The fourth-order valence-corrected chi connectivity index (χ4v) is 1.69. The molecule has 0 unspecified atom stereocenters. The van der Waals surface area contributed by atoms with E-state index in [2.05, 4.69) is 8.37 Å². The second-order valence-corrected chi connectivity index (χ2v) is 4.88. The van der Waals surface area contributed by atoms with Gasteiger partial charge in [0.25, 0.3) is 0 Å². The van der Waals surface area contributed by atoms with Crippen LogP contribution in [0.5, 0.6) is 11.5 Å². The number of aldehydes is 1. The van der Waals surface area contributed by atoms with Gasteiger partial charge in [-0.05, 0) is 12.1 Å². The van der Waals surface area contributed by atoms with E-state index >= 15 is 0 Å². The number of carbonyl (C=O) groups is 1. The third-order valence-corrected chi connectivity index (χ3v) is 2.30. The molecule has 0 aromatic heterocycles. The molecular formula is C7H6O9S2. The van der Waals surface area contributed by atoms with Crippen LogP contribution in [0.25, 0.3) is 0 Å². The number of hydrogen-bond donors (Lipinski definition) is 2. The molecule has 0 atom stereocenters. The maximum Gasteiger partial charge on any atom is 0.446 e. The minimum absolute atomic E-state index is 0.206. The Bertz CT molecular complexity index is 658. The van der Waals surface area contributed by atoms with Crippen molar-refractivity contribution in [1.82, 2.24) is 0 Å². The third kappa shape index (κ3) is 4.67. The topological polar surface area (TPSA) is 144 Å². The van der Waals surface area contributed by atoms with Gasteiger partial charge in [0.15, 0.2) is 12.0 Å². The van der Waals surface area contributed by atoms with Crippen molar-refractivity contribution in [2.75, 3.05) is 0 Å². The standard InChI is InChI=1S/C7H6O9S2/c8-4-5-1-2-6(15-17(9,10)11)3-7(5)16-18(12,13)14/h1-4H,(H,9,10,11)(H,12,13,14). The Morgan fingerprint density at radius 2 is 1.56 bits per heavy atom. The van der Waals surface area contributed by atoms with Gasteiger partial charge in [0.1, 0.15) is 5.75 Å². The zero-order valence-electron chi connectivity index (χ0n) is 8.38. The van der Waals surface area contributed by atoms with Gasteiger partial charge in [0, 0.05) is 6.07 Å². The van der Waals surface area contributed by atoms with Crippen LogP contribution in [-0.2, 0) is 20.8 Å². The lowest BCUT2D eigenvalue weighted by atomic mass is 10.2. The van der Waals surface area contributed by atoms with Crippen LogP contribution in [0.4, 0.5) is 0 Å². The predicted molar refractivity (Wildman–Crippen MR) is 56.2 cm³/mol. The molecule has 1 aromatic carbocycles. The SMILES string of the molecule is O=Cc1ccc(OS(=O)(=O)O)cc1OS(=O)(=O)O. The van der Waals surface area contributed by atoms with E-state index in [0.29, 0.717) is 6.07 Å². The van der Waals surface area contributed by atoms with Gasteiger partial charge in [-0.2, -0.15) is 16.8 Å². The van der Waals surface area contributed by atoms with Crippen LogP contribution in [0.1, 0.15) is 10.4 Å². The molecule has 0 bridgehead atoms. The number of carbonyl (C=O) groups excluding carboxylic acids is 1. The highest BCUT2D eigenvalue weighted by atomic mass is 32.3. The Kier molecular flexibility index (Phi) is 3.91. The minimum atomic E-state index is -4.90. The van der Waals surface area contributed by atoms with E-state index < -0.39 is 32.3 Å². The molecule has 11 heteroatoms. The first kappa shape index (κ1) is 14.4. The van der Waals surface area contributed by atoms with E-state index in [1.54, 1.807) is 0 Å². The molecule has 0 aliphatic rings. The maximum absolute atomic E-state index is 10.5. The van der Waals surface area contributed by atoms with Gasteiger partial charge >= 0.3 is 20.8 Å². The lowest BCUT2D eigenvalue weighted by Gasteiger charge is -2.06. The second kappa shape index (κ2) is 4.89. The molecule has 1 rings (SSSR count). The van der Waals surface area contributed by atoms with Crippen LogP contribution < -0.4 is 8.37 Å². The molecule has 9 nitrogen and oxygen atoms in total. The van der Waals surface area contributed by atoms with Crippen molar-refractivity contribution in [3.05, 3.63) is 23.8 Å². The molecule has 2 N–H and O–H groups in total. The van der Waals surface area contributed by atoms with Crippen molar-refractivity contribution in [1.29, 1.82) is 0 Å². The molecule has 0 saturated carbocycles. The van der Waals surface area contributed by atoms with Gasteiger partial charge in [-0.3, -0.25) is 13.9 Å². The average Bonchev–Trinajstić information content (AvgIpc) is 2.12. The fraction of sp³-hybridized carbons (Fsp3) is 0. The van der Waals surface area contributed by atoms with Crippen molar-refractivity contribution >= 4 is 27.1 Å². The van der Waals surface area contributed by atoms with Crippen LogP contribution in [0, 0.1) is 0 Å². The third-order valence-electron chi connectivity index (χ3n) is 1.51. The lowest BCUT2D eigenvalue weighted by molar-refractivity contribution is 0.112. The van der Waals surface area contributed by atoms with E-state index in [9.17, 15) is 21.6 Å². The summed E-state index contributed by atoms with van der Waals surface area (Å²) in [5, 5.41) is 0. The van der Waals surface area contributed by atoms with Gasteiger partial charge in [0.2, 0.25) is 0 Å². The smallest absolute Gasteiger partial charge is 0.362 e. The summed E-state index contributed by atoms with van der Waals surface area (Å²) in [6, 6.07) is 2.62. The monoisotopic (exact) mass is 298 g/mol. The summed E-state index contributed by atoms with van der Waals surface area (Å²) >= 11 is 0. The highest BCUT2D eigenvalue weighted by molar-refractivity contribution is 7.81. The number of hydrogen-bond acceptors (Lipinski definition) is 7. The van der Waals surface area contributed by atoms with Crippen molar-refractivity contribution in [3.8, 4) is 11.5 Å². The molecule has 0 aliphatic heterocycles. The van der Waals surface area contributed by atoms with Crippen LogP contribution in [-0.4, -0.2) is 32.2 Å². The first-order valence-corrected chi connectivity index (χ1v) is 6.77. The zero-order chi connectivity index (χ0) is 14.0. The van der Waals surface area contributed by atoms with Gasteiger partial charge in [-0.25, -0.2) is 0 Å². The number of benzene rings is 1. The Hall–Kier alpha value is -1.69. The summed E-state index contributed by atoms with van der Waals surface area (Å²) < 4.78 is 66.6. The Balaban J connectivity index is 3.21. The molecule has 0 fully saturated rings. The lowest BCUT2D eigenvalue weighted by Crippen LogP contribution is -2.10. The van der Waals surface area contributed by atoms with Gasteiger partial charge in [-0.15, -0.1) is 0 Å². The fourth-order valence-electron chi connectivity index (χ4n) is 0.971. The minimum Gasteiger partial charge on any atom is -0.362 e. The highest BCUT2D eigenvalue weighted by Crippen LogP contribution is 2.25. The van der Waals surface area contributed by atoms with Crippen LogP contribution >= 0.6 is 0 Å². The summed E-state index contributed by atoms with van der Waals surface area (Å²) in [7, 11) is -9.71. The van der Waals surface area contributed by atoms with Crippen LogP contribution in [0.15, 0.2) is 18.2 Å². The van der Waals surface area contributed by atoms with E-state index in [-0.39, 0.29) is 11.8 Å². The molecule has 100 valence electrons. The Labute approximate surface area is 102 Å². The van der Waals surface area contributed by atoms with Crippen molar-refractivity contribution in [3.63, 3.8) is 0 Å². The predicted octanol–water partition coefficient (Wildman–Crippen LogP) is -0.138. The van der Waals surface area contributed by atoms with Gasteiger partial charge in [0.05, 0.1) is 5.56 Å². The molecule has 0 saturated heterocycles. The molecule has 18 heavy (non-hydrogen) atoms. The van der Waals surface area contributed by atoms with Crippen molar-refractivity contribution in [2.45, 2.75) is 0 Å². The Morgan fingerprint density at radius 3 is 2.00 bits per heavy atom. The molecule has 1 aromatic rings. The van der Waals surface area contributed by atoms with E-state index in [0.717, 1.165) is 12.1 Å². The summed E-state index contributed by atoms with van der Waals surface area (Å²) in [4.78, 5) is 10.5. The molecular weight excluding hydrogens is 292 g/mol. The summed E-state index contributed by atoms with van der Waals surface area (Å²) in [6.45, 7) is 0. The Morgan fingerprint density at radius 1 is 1.00 bits per heavy atom. The first-order chi connectivity index (χ1) is 8.11. The van der Waals surface area contributed by atoms with E-state index in [1.165, 1.54) is 0 Å². The van der Waals surface area contributed by atoms with Crippen LogP contribution in [0.3, 0.4) is 0 Å². The normalized spacial score (nSPS) is 11.9. The quantitative estimate of drug-likeness (QED) is 0.560. The van der Waals surface area contributed by atoms with Crippen LogP contribution in [0.2, 0.25) is 0 Å². The summed E-state index contributed by atoms with van der Waals surface area (Å²) in [6.07, 6.45) is 0.206. The largest absolute Gasteiger partial charge is 0.446 e. The average molecular weight is 298 g/mol. The molecule has 0 radical (unpaired) electrons. The van der Waals surface area contributed by atoms with Crippen molar-refractivity contribution in [2.24, 2.45) is 0 Å². The van der Waals surface area contributed by atoms with E-state index in [4.69, 9.17) is 9.11 Å². The zero-order valence-corrected chi connectivity index (χ0v) is 10.0.